The summed E-state index contributed by atoms with van der Waals surface area (Å²) in [5.41, 5.74) is 0. The molecule has 0 bridgehead atoms. The zero-order valence-electron chi connectivity index (χ0n) is 12.8. The quantitative estimate of drug-likeness (QED) is 0.719. The normalized spacial score (nSPS) is 40.6. The molecular weight excluding hydrogens is 266 g/mol. The minimum atomic E-state index is -0.266. The summed E-state index contributed by atoms with van der Waals surface area (Å²) in [6, 6.07) is 0.331. The van der Waals surface area contributed by atoms with E-state index in [0.717, 1.165) is 38.8 Å². The summed E-state index contributed by atoms with van der Waals surface area (Å²) in [5, 5.41) is 0. The first kappa shape index (κ1) is 13.6. The van der Waals surface area contributed by atoms with Crippen LogP contribution in [0.3, 0.4) is 0 Å². The fraction of sp³-hybridized carbons (Fsp3) is 0.875. The number of hydrogen-bond acceptors (Lipinski definition) is 3. The van der Waals surface area contributed by atoms with Gasteiger partial charge in [0.15, 0.2) is 0 Å². The molecule has 4 rings (SSSR count). The molecule has 4 saturated heterocycles. The highest BCUT2D eigenvalue weighted by atomic mass is 16.2. The van der Waals surface area contributed by atoms with Gasteiger partial charge in [0.05, 0.1) is 0 Å². The van der Waals surface area contributed by atoms with Crippen LogP contribution in [0, 0.1) is 0 Å². The first-order valence-electron chi connectivity index (χ1n) is 8.55. The number of hydrogen-bond donors (Lipinski definition) is 0. The van der Waals surface area contributed by atoms with Crippen molar-refractivity contribution in [1.82, 2.24) is 14.7 Å². The standard InChI is InChI=1S/C16H25N3O2/c1-11-15(20)18-9-3-2-5-14(18)16(21)19(11)13-7-10-17-8-4-6-12(13)17/h11-14H,2-10H2,1H3. The van der Waals surface area contributed by atoms with Gasteiger partial charge in [0.1, 0.15) is 12.1 Å². The summed E-state index contributed by atoms with van der Waals surface area (Å²) >= 11 is 0. The van der Waals surface area contributed by atoms with Crippen molar-refractivity contribution in [1.29, 1.82) is 0 Å². The lowest BCUT2D eigenvalue weighted by Gasteiger charge is -2.49. The lowest BCUT2D eigenvalue weighted by molar-refractivity contribution is -0.166. The molecule has 4 unspecified atom stereocenters. The largest absolute Gasteiger partial charge is 0.329 e. The number of nitrogens with zero attached hydrogens (tertiary/aromatic N) is 3. The Bertz CT molecular complexity index is 466. The van der Waals surface area contributed by atoms with Crippen LogP contribution in [0.2, 0.25) is 0 Å². The summed E-state index contributed by atoms with van der Waals surface area (Å²) in [7, 11) is 0. The summed E-state index contributed by atoms with van der Waals surface area (Å²) < 4.78 is 0. The molecule has 0 aromatic carbocycles. The average Bonchev–Trinajstić information content (AvgIpc) is 3.10. The molecule has 21 heavy (non-hydrogen) atoms. The number of rotatable bonds is 1. The third-order valence-corrected chi connectivity index (χ3v) is 6.03. The molecule has 0 saturated carbocycles. The highest BCUT2D eigenvalue weighted by molar-refractivity contribution is 5.97. The molecule has 2 amide bonds. The molecule has 4 aliphatic heterocycles. The topological polar surface area (TPSA) is 43.9 Å². The number of piperidine rings is 1. The van der Waals surface area contributed by atoms with Crippen LogP contribution < -0.4 is 0 Å². The van der Waals surface area contributed by atoms with E-state index in [1.54, 1.807) is 0 Å². The van der Waals surface area contributed by atoms with Crippen molar-refractivity contribution in [3.63, 3.8) is 0 Å². The Hall–Kier alpha value is -1.10. The molecule has 0 radical (unpaired) electrons. The van der Waals surface area contributed by atoms with Crippen molar-refractivity contribution >= 4 is 11.8 Å². The molecular formula is C16H25N3O2. The molecule has 0 N–H and O–H groups in total. The average molecular weight is 291 g/mol. The van der Waals surface area contributed by atoms with Gasteiger partial charge in [-0.1, -0.05) is 0 Å². The number of carbonyl (C=O) groups is 2. The third kappa shape index (κ3) is 1.93. The predicted molar refractivity (Wildman–Crippen MR) is 78.7 cm³/mol. The van der Waals surface area contributed by atoms with Gasteiger partial charge >= 0.3 is 0 Å². The minimum absolute atomic E-state index is 0.169. The molecule has 0 aromatic heterocycles. The lowest BCUT2D eigenvalue weighted by atomic mass is 9.92. The van der Waals surface area contributed by atoms with Gasteiger partial charge in [0.25, 0.3) is 0 Å². The monoisotopic (exact) mass is 291 g/mol. The van der Waals surface area contributed by atoms with E-state index in [0.29, 0.717) is 6.04 Å². The van der Waals surface area contributed by atoms with Crippen molar-refractivity contribution in [3.8, 4) is 0 Å². The summed E-state index contributed by atoms with van der Waals surface area (Å²) in [5.74, 6) is 0.399. The highest BCUT2D eigenvalue weighted by Crippen LogP contribution is 2.36. The predicted octanol–water partition coefficient (Wildman–Crippen LogP) is 0.835. The summed E-state index contributed by atoms with van der Waals surface area (Å²) in [4.78, 5) is 32.0. The first-order chi connectivity index (χ1) is 10.2. The van der Waals surface area contributed by atoms with Gasteiger partial charge in [-0.05, 0) is 52.0 Å². The number of piperazine rings is 1. The van der Waals surface area contributed by atoms with Crippen molar-refractivity contribution in [2.75, 3.05) is 19.6 Å². The van der Waals surface area contributed by atoms with Crippen LogP contribution in [0.15, 0.2) is 0 Å². The van der Waals surface area contributed by atoms with Crippen molar-refractivity contribution in [3.05, 3.63) is 0 Å². The third-order valence-electron chi connectivity index (χ3n) is 6.03. The van der Waals surface area contributed by atoms with E-state index in [-0.39, 0.29) is 29.9 Å². The zero-order valence-corrected chi connectivity index (χ0v) is 12.8. The van der Waals surface area contributed by atoms with E-state index in [9.17, 15) is 9.59 Å². The van der Waals surface area contributed by atoms with Crippen LogP contribution in [0.4, 0.5) is 0 Å². The van der Waals surface area contributed by atoms with E-state index < -0.39 is 0 Å². The second kappa shape index (κ2) is 4.97. The van der Waals surface area contributed by atoms with E-state index in [4.69, 9.17) is 0 Å². The maximum atomic E-state index is 13.0. The number of fused-ring (bicyclic) bond motifs is 2. The molecule has 0 aliphatic carbocycles. The Morgan fingerprint density at radius 1 is 0.857 bits per heavy atom. The fourth-order valence-electron chi connectivity index (χ4n) is 5.00. The Morgan fingerprint density at radius 2 is 1.71 bits per heavy atom. The van der Waals surface area contributed by atoms with E-state index in [1.165, 1.54) is 19.4 Å². The van der Waals surface area contributed by atoms with Crippen molar-refractivity contribution in [2.24, 2.45) is 0 Å². The maximum absolute atomic E-state index is 13.0. The molecule has 4 aliphatic rings. The van der Waals surface area contributed by atoms with Gasteiger partial charge < -0.3 is 9.80 Å². The van der Waals surface area contributed by atoms with Gasteiger partial charge in [0, 0.05) is 25.2 Å². The maximum Gasteiger partial charge on any atom is 0.246 e. The van der Waals surface area contributed by atoms with E-state index in [2.05, 4.69) is 4.90 Å². The highest BCUT2D eigenvalue weighted by Gasteiger charge is 2.51. The number of amides is 2. The van der Waals surface area contributed by atoms with Gasteiger partial charge in [-0.25, -0.2) is 0 Å². The molecule has 0 spiro atoms. The molecule has 4 heterocycles. The summed E-state index contributed by atoms with van der Waals surface area (Å²) in [6.07, 6.45) is 6.44. The van der Waals surface area contributed by atoms with E-state index >= 15 is 0 Å². The lowest BCUT2D eigenvalue weighted by Crippen LogP contribution is -2.68. The Morgan fingerprint density at radius 3 is 2.57 bits per heavy atom. The van der Waals surface area contributed by atoms with Crippen LogP contribution in [0.1, 0.15) is 45.4 Å². The van der Waals surface area contributed by atoms with Gasteiger partial charge in [-0.15, -0.1) is 0 Å². The second-order valence-corrected chi connectivity index (χ2v) is 7.07. The molecule has 5 heteroatoms. The van der Waals surface area contributed by atoms with Crippen molar-refractivity contribution < 1.29 is 9.59 Å². The molecule has 4 atom stereocenters. The SMILES string of the molecule is CC1C(=O)N2CCCCC2C(=O)N1C1CCN2CCCC12. The van der Waals surface area contributed by atoms with E-state index in [1.807, 2.05) is 16.7 Å². The summed E-state index contributed by atoms with van der Waals surface area (Å²) in [6.45, 7) is 4.96. The van der Waals surface area contributed by atoms with Crippen LogP contribution in [0.5, 0.6) is 0 Å². The van der Waals surface area contributed by atoms with Crippen LogP contribution in [0.25, 0.3) is 0 Å². The van der Waals surface area contributed by atoms with Crippen LogP contribution >= 0.6 is 0 Å². The van der Waals surface area contributed by atoms with Crippen molar-refractivity contribution in [2.45, 2.75) is 69.6 Å². The molecule has 5 nitrogen and oxygen atoms in total. The Balaban J connectivity index is 1.62. The van der Waals surface area contributed by atoms with Gasteiger partial charge in [-0.3, -0.25) is 14.5 Å². The molecule has 0 aromatic rings. The fourth-order valence-corrected chi connectivity index (χ4v) is 5.00. The minimum Gasteiger partial charge on any atom is -0.329 e. The van der Waals surface area contributed by atoms with Crippen LogP contribution in [-0.2, 0) is 9.59 Å². The van der Waals surface area contributed by atoms with Crippen LogP contribution in [-0.4, -0.2) is 70.3 Å². The van der Waals surface area contributed by atoms with Gasteiger partial charge in [-0.2, -0.15) is 0 Å². The zero-order chi connectivity index (χ0) is 14.6. The molecule has 116 valence electrons. The Kier molecular flexibility index (Phi) is 3.21. The molecule has 4 fully saturated rings. The second-order valence-electron chi connectivity index (χ2n) is 7.07. The Labute approximate surface area is 126 Å². The van der Waals surface area contributed by atoms with Gasteiger partial charge in [0.2, 0.25) is 11.8 Å². The first-order valence-corrected chi connectivity index (χ1v) is 8.55. The smallest absolute Gasteiger partial charge is 0.246 e. The number of carbonyl (C=O) groups excluding carboxylic acids is 2.